The van der Waals surface area contributed by atoms with E-state index in [1.165, 1.54) is 6.21 Å². The van der Waals surface area contributed by atoms with E-state index < -0.39 is 0 Å². The highest BCUT2D eigenvalue weighted by atomic mass is 79.9. The van der Waals surface area contributed by atoms with E-state index in [0.717, 1.165) is 8.95 Å². The van der Waals surface area contributed by atoms with Crippen LogP contribution in [0.3, 0.4) is 0 Å². The van der Waals surface area contributed by atoms with Crippen LogP contribution in [0.2, 0.25) is 0 Å². The summed E-state index contributed by atoms with van der Waals surface area (Å²) in [6.07, 6.45) is 1.52. The molecule has 0 fully saturated rings. The number of methoxy groups -OCH3 is 1. The largest absolute Gasteiger partial charge is 0.495 e. The number of rotatable bonds is 5. The Bertz CT molecular complexity index is 1340. The van der Waals surface area contributed by atoms with Crippen LogP contribution in [0.15, 0.2) is 79.5 Å². The van der Waals surface area contributed by atoms with Gasteiger partial charge in [0.25, 0.3) is 5.91 Å². The number of halogens is 2. The average Bonchev–Trinajstić information content (AvgIpc) is 2.76. The highest BCUT2D eigenvalue weighted by Gasteiger charge is 2.13. The zero-order valence-corrected chi connectivity index (χ0v) is 19.6. The molecule has 1 amide bonds. The lowest BCUT2D eigenvalue weighted by atomic mass is 10.1. The summed E-state index contributed by atoms with van der Waals surface area (Å²) in [6.45, 7) is 0.0119. The van der Waals surface area contributed by atoms with Crippen LogP contribution in [0.4, 0.5) is 0 Å². The molecule has 0 saturated heterocycles. The van der Waals surface area contributed by atoms with Crippen LogP contribution in [-0.4, -0.2) is 23.8 Å². The number of amides is 1. The van der Waals surface area contributed by atoms with Crippen LogP contribution in [0.1, 0.15) is 5.56 Å². The fraction of sp³-hybridized carbons (Fsp3) is 0.0870. The van der Waals surface area contributed by atoms with Gasteiger partial charge in [-0.2, -0.15) is 5.10 Å². The van der Waals surface area contributed by atoms with E-state index >= 15 is 0 Å². The highest BCUT2D eigenvalue weighted by molar-refractivity contribution is 9.11. The Kier molecular flexibility index (Phi) is 6.20. The molecule has 156 valence electrons. The van der Waals surface area contributed by atoms with Crippen LogP contribution in [0, 0.1) is 0 Å². The predicted octanol–water partition coefficient (Wildman–Crippen LogP) is 4.84. The molecule has 1 aromatic heterocycles. The standard InChI is InChI=1S/C23H17Br2N3O3/c1-31-23-14(10-15(24)11-18(23)25)12-26-27-21(29)13-28-19-8-4-2-6-16(19)22(30)17-7-3-5-9-20(17)28/h2-12H,13H2,1H3,(H,27,29). The number of ether oxygens (including phenoxy) is 1. The topological polar surface area (TPSA) is 72.7 Å². The number of aromatic nitrogens is 1. The Hall–Kier alpha value is -2.97. The third-order valence-corrected chi connectivity index (χ3v) is 5.86. The molecule has 0 bridgehead atoms. The fourth-order valence-corrected chi connectivity index (χ4v) is 4.91. The smallest absolute Gasteiger partial charge is 0.260 e. The number of hydrazone groups is 1. The number of carbonyl (C=O) groups is 1. The van der Waals surface area contributed by atoms with Gasteiger partial charge in [-0.15, -0.1) is 0 Å². The molecule has 4 rings (SSSR count). The SMILES string of the molecule is COc1c(Br)cc(Br)cc1C=NNC(=O)Cn1c2ccccc2c(=O)c2ccccc21. The molecule has 0 spiro atoms. The molecule has 0 radical (unpaired) electrons. The minimum absolute atomic E-state index is 0.0119. The number of nitrogens with zero attached hydrogens (tertiary/aromatic N) is 2. The van der Waals surface area contributed by atoms with Gasteiger partial charge in [-0.25, -0.2) is 5.43 Å². The fourth-order valence-electron chi connectivity index (χ4n) is 3.49. The maximum absolute atomic E-state index is 12.8. The van der Waals surface area contributed by atoms with Crippen LogP contribution in [0.5, 0.6) is 5.75 Å². The number of benzene rings is 3. The molecule has 4 aromatic rings. The molecule has 0 atom stereocenters. The Labute approximate surface area is 194 Å². The molecule has 6 nitrogen and oxygen atoms in total. The van der Waals surface area contributed by atoms with Gasteiger partial charge < -0.3 is 9.30 Å². The van der Waals surface area contributed by atoms with Crippen LogP contribution in [-0.2, 0) is 11.3 Å². The van der Waals surface area contributed by atoms with Gasteiger partial charge in [-0.05, 0) is 52.3 Å². The first-order valence-corrected chi connectivity index (χ1v) is 10.9. The number of para-hydroxylation sites is 2. The van der Waals surface area contributed by atoms with Crippen molar-refractivity contribution >= 4 is 65.8 Å². The molecule has 1 N–H and O–H groups in total. The van der Waals surface area contributed by atoms with Gasteiger partial charge >= 0.3 is 0 Å². The van der Waals surface area contributed by atoms with Gasteiger partial charge in [-0.3, -0.25) is 9.59 Å². The highest BCUT2D eigenvalue weighted by Crippen LogP contribution is 2.31. The lowest BCUT2D eigenvalue weighted by Crippen LogP contribution is -2.25. The van der Waals surface area contributed by atoms with Crippen molar-refractivity contribution in [2.24, 2.45) is 5.10 Å². The van der Waals surface area contributed by atoms with E-state index in [0.29, 0.717) is 33.1 Å². The molecule has 0 saturated carbocycles. The quantitative estimate of drug-likeness (QED) is 0.223. The third kappa shape index (κ3) is 4.26. The van der Waals surface area contributed by atoms with Crippen molar-refractivity contribution in [2.45, 2.75) is 6.54 Å². The Morgan fingerprint density at radius 3 is 2.29 bits per heavy atom. The number of hydrogen-bond acceptors (Lipinski definition) is 4. The minimum Gasteiger partial charge on any atom is -0.495 e. The summed E-state index contributed by atoms with van der Waals surface area (Å²) < 4.78 is 8.83. The molecule has 0 unspecified atom stereocenters. The summed E-state index contributed by atoms with van der Waals surface area (Å²) in [4.78, 5) is 25.5. The van der Waals surface area contributed by atoms with E-state index in [4.69, 9.17) is 4.74 Å². The number of nitrogens with one attached hydrogen (secondary N) is 1. The number of fused-ring (bicyclic) bond motifs is 2. The molecule has 8 heteroatoms. The second kappa shape index (κ2) is 9.03. The number of pyridine rings is 1. The van der Waals surface area contributed by atoms with E-state index in [1.54, 1.807) is 19.2 Å². The first-order valence-electron chi connectivity index (χ1n) is 9.35. The van der Waals surface area contributed by atoms with Crippen molar-refractivity contribution in [3.05, 3.63) is 85.4 Å². The van der Waals surface area contributed by atoms with Crippen molar-refractivity contribution < 1.29 is 9.53 Å². The molecular weight excluding hydrogens is 526 g/mol. The maximum Gasteiger partial charge on any atom is 0.260 e. The molecule has 1 heterocycles. The minimum atomic E-state index is -0.316. The lowest BCUT2D eigenvalue weighted by Gasteiger charge is -2.14. The summed E-state index contributed by atoms with van der Waals surface area (Å²) in [5.74, 6) is 0.293. The van der Waals surface area contributed by atoms with Gasteiger partial charge in [0, 0.05) is 20.8 Å². The summed E-state index contributed by atoms with van der Waals surface area (Å²) >= 11 is 6.87. The molecule has 0 aliphatic carbocycles. The van der Waals surface area contributed by atoms with E-state index in [1.807, 2.05) is 53.1 Å². The van der Waals surface area contributed by atoms with Gasteiger partial charge in [-0.1, -0.05) is 40.2 Å². The first-order chi connectivity index (χ1) is 15.0. The van der Waals surface area contributed by atoms with Crippen molar-refractivity contribution in [1.29, 1.82) is 0 Å². The maximum atomic E-state index is 12.8. The number of carbonyl (C=O) groups excluding carboxylic acids is 1. The monoisotopic (exact) mass is 541 g/mol. The Morgan fingerprint density at radius 1 is 1.06 bits per heavy atom. The molecule has 3 aromatic carbocycles. The van der Waals surface area contributed by atoms with E-state index in [2.05, 4.69) is 42.4 Å². The van der Waals surface area contributed by atoms with E-state index in [9.17, 15) is 9.59 Å². The predicted molar refractivity (Wildman–Crippen MR) is 130 cm³/mol. The van der Waals surface area contributed by atoms with Crippen LogP contribution in [0.25, 0.3) is 21.8 Å². The first kappa shape index (κ1) is 21.3. The Balaban J connectivity index is 1.65. The lowest BCUT2D eigenvalue weighted by molar-refractivity contribution is -0.121. The van der Waals surface area contributed by atoms with Crippen molar-refractivity contribution in [3.63, 3.8) is 0 Å². The second-order valence-electron chi connectivity index (χ2n) is 6.75. The molecule has 0 aliphatic heterocycles. The van der Waals surface area contributed by atoms with Crippen molar-refractivity contribution in [1.82, 2.24) is 9.99 Å². The zero-order chi connectivity index (χ0) is 22.0. The van der Waals surface area contributed by atoms with E-state index in [-0.39, 0.29) is 17.9 Å². The second-order valence-corrected chi connectivity index (χ2v) is 8.52. The third-order valence-electron chi connectivity index (χ3n) is 4.81. The normalized spacial score (nSPS) is 11.3. The van der Waals surface area contributed by atoms with Crippen molar-refractivity contribution in [3.8, 4) is 5.75 Å². The van der Waals surface area contributed by atoms with Gasteiger partial charge in [0.05, 0.1) is 28.8 Å². The molecule has 31 heavy (non-hydrogen) atoms. The van der Waals surface area contributed by atoms with Gasteiger partial charge in [0.15, 0.2) is 5.43 Å². The summed E-state index contributed by atoms with van der Waals surface area (Å²) in [5, 5.41) is 5.23. The molecular formula is C23H17Br2N3O3. The number of hydrogen-bond donors (Lipinski definition) is 1. The summed E-state index contributed by atoms with van der Waals surface area (Å²) in [5.41, 5.74) is 4.60. The van der Waals surface area contributed by atoms with Crippen LogP contribution >= 0.6 is 31.9 Å². The average molecular weight is 543 g/mol. The van der Waals surface area contributed by atoms with Crippen molar-refractivity contribution in [2.75, 3.05) is 7.11 Å². The zero-order valence-electron chi connectivity index (χ0n) is 16.4. The summed E-state index contributed by atoms with van der Waals surface area (Å²) in [7, 11) is 1.57. The van der Waals surface area contributed by atoms with Gasteiger partial charge in [0.2, 0.25) is 0 Å². The Morgan fingerprint density at radius 2 is 1.68 bits per heavy atom. The molecule has 0 aliphatic rings. The van der Waals surface area contributed by atoms with Gasteiger partial charge in [0.1, 0.15) is 12.3 Å². The van der Waals surface area contributed by atoms with Crippen LogP contribution < -0.4 is 15.6 Å². The summed E-state index contributed by atoms with van der Waals surface area (Å²) in [6, 6.07) is 18.2.